The van der Waals surface area contributed by atoms with Gasteiger partial charge in [0.25, 0.3) is 5.56 Å². The summed E-state index contributed by atoms with van der Waals surface area (Å²) in [5, 5.41) is 1.53. The molecule has 0 fully saturated rings. The van der Waals surface area contributed by atoms with Crippen LogP contribution in [0.5, 0.6) is 0 Å². The van der Waals surface area contributed by atoms with Crippen LogP contribution >= 0.6 is 0 Å². The summed E-state index contributed by atoms with van der Waals surface area (Å²) in [6.45, 7) is 0.241. The quantitative estimate of drug-likeness (QED) is 0.803. The summed E-state index contributed by atoms with van der Waals surface area (Å²) in [5.74, 6) is -0.348. The van der Waals surface area contributed by atoms with Gasteiger partial charge >= 0.3 is 0 Å². The Hall–Kier alpha value is -2.46. The topological polar surface area (TPSA) is 48.0 Å². The minimum Gasteiger partial charge on any atom is -0.322 e. The van der Waals surface area contributed by atoms with Crippen molar-refractivity contribution in [2.24, 2.45) is 5.73 Å². The average Bonchev–Trinajstić information content (AvgIpc) is 2.51. The molecule has 2 N–H and O–H groups in total. The fraction of sp³-hybridized carbons (Fsp3) is 0.118. The molecule has 1 aromatic heterocycles. The van der Waals surface area contributed by atoms with Crippen molar-refractivity contribution in [3.63, 3.8) is 0 Å². The molecular formula is C17H15FN2O. The van der Waals surface area contributed by atoms with Crippen LogP contribution in [0.15, 0.2) is 65.6 Å². The van der Waals surface area contributed by atoms with E-state index in [0.29, 0.717) is 10.9 Å². The third-order valence-electron chi connectivity index (χ3n) is 3.58. The predicted molar refractivity (Wildman–Crippen MR) is 81.5 cm³/mol. The fourth-order valence-corrected chi connectivity index (χ4v) is 2.46. The van der Waals surface area contributed by atoms with Crippen molar-refractivity contribution in [3.8, 4) is 0 Å². The fourth-order valence-electron chi connectivity index (χ4n) is 2.46. The summed E-state index contributed by atoms with van der Waals surface area (Å²) in [4.78, 5) is 12.4. The minimum absolute atomic E-state index is 0.111. The van der Waals surface area contributed by atoms with Gasteiger partial charge in [0.05, 0.1) is 6.04 Å². The second-order valence-corrected chi connectivity index (χ2v) is 4.99. The molecule has 21 heavy (non-hydrogen) atoms. The second kappa shape index (κ2) is 5.50. The van der Waals surface area contributed by atoms with Crippen molar-refractivity contribution in [1.29, 1.82) is 0 Å². The molecule has 4 heteroatoms. The van der Waals surface area contributed by atoms with Gasteiger partial charge in [0.2, 0.25) is 0 Å². The molecule has 0 aliphatic carbocycles. The van der Waals surface area contributed by atoms with E-state index in [9.17, 15) is 9.18 Å². The summed E-state index contributed by atoms with van der Waals surface area (Å²) in [7, 11) is 0. The smallest absolute Gasteiger partial charge is 0.258 e. The summed E-state index contributed by atoms with van der Waals surface area (Å²) < 4.78 is 15.3. The van der Waals surface area contributed by atoms with Gasteiger partial charge in [-0.1, -0.05) is 36.4 Å². The van der Waals surface area contributed by atoms with Crippen LogP contribution in [-0.2, 0) is 6.54 Å². The Morgan fingerprint density at radius 2 is 1.76 bits per heavy atom. The number of nitrogens with two attached hydrogens (primary N) is 1. The second-order valence-electron chi connectivity index (χ2n) is 4.99. The van der Waals surface area contributed by atoms with Gasteiger partial charge in [0, 0.05) is 23.7 Å². The van der Waals surface area contributed by atoms with Gasteiger partial charge in [0.15, 0.2) is 0 Å². The molecule has 106 valence electrons. The zero-order valence-electron chi connectivity index (χ0n) is 11.4. The number of hydrogen-bond donors (Lipinski definition) is 1. The highest BCUT2D eigenvalue weighted by Gasteiger charge is 2.12. The highest BCUT2D eigenvalue weighted by molar-refractivity contribution is 5.81. The highest BCUT2D eigenvalue weighted by atomic mass is 19.1. The lowest BCUT2D eigenvalue weighted by Crippen LogP contribution is -2.26. The zero-order chi connectivity index (χ0) is 14.8. The van der Waals surface area contributed by atoms with Crippen LogP contribution in [0.2, 0.25) is 0 Å². The molecule has 3 rings (SSSR count). The van der Waals surface area contributed by atoms with Crippen LogP contribution in [0.1, 0.15) is 11.6 Å². The van der Waals surface area contributed by atoms with E-state index < -0.39 is 6.04 Å². The van der Waals surface area contributed by atoms with Crippen LogP contribution in [0.25, 0.3) is 10.8 Å². The Morgan fingerprint density at radius 1 is 1.05 bits per heavy atom. The van der Waals surface area contributed by atoms with Crippen molar-refractivity contribution in [3.05, 3.63) is 82.5 Å². The van der Waals surface area contributed by atoms with E-state index in [1.54, 1.807) is 30.5 Å². The van der Waals surface area contributed by atoms with Crippen LogP contribution in [0.3, 0.4) is 0 Å². The SMILES string of the molecule is NC(Cn1ccc2ccccc2c1=O)c1ccccc1F. The Morgan fingerprint density at radius 3 is 2.57 bits per heavy atom. The van der Waals surface area contributed by atoms with Gasteiger partial charge in [-0.3, -0.25) is 4.79 Å². The Balaban J connectivity index is 1.97. The lowest BCUT2D eigenvalue weighted by molar-refractivity contribution is 0.525. The first-order valence-corrected chi connectivity index (χ1v) is 6.75. The molecule has 3 nitrogen and oxygen atoms in total. The van der Waals surface area contributed by atoms with Crippen LogP contribution in [0, 0.1) is 5.82 Å². The zero-order valence-corrected chi connectivity index (χ0v) is 11.4. The normalized spacial score (nSPS) is 12.5. The number of aromatic nitrogens is 1. The highest BCUT2D eigenvalue weighted by Crippen LogP contribution is 2.16. The van der Waals surface area contributed by atoms with E-state index in [0.717, 1.165) is 5.39 Å². The van der Waals surface area contributed by atoms with Crippen LogP contribution in [0.4, 0.5) is 4.39 Å². The summed E-state index contributed by atoms with van der Waals surface area (Å²) in [6, 6.07) is 15.1. The number of pyridine rings is 1. The number of nitrogens with zero attached hydrogens (tertiary/aromatic N) is 1. The van der Waals surface area contributed by atoms with E-state index in [-0.39, 0.29) is 17.9 Å². The van der Waals surface area contributed by atoms with E-state index in [1.165, 1.54) is 10.6 Å². The van der Waals surface area contributed by atoms with E-state index in [4.69, 9.17) is 5.73 Å². The molecule has 0 aliphatic rings. The third-order valence-corrected chi connectivity index (χ3v) is 3.58. The van der Waals surface area contributed by atoms with Gasteiger partial charge in [-0.25, -0.2) is 4.39 Å². The molecule has 1 unspecified atom stereocenters. The molecule has 1 atom stereocenters. The van der Waals surface area contributed by atoms with Crippen molar-refractivity contribution >= 4 is 10.8 Å². The van der Waals surface area contributed by atoms with Gasteiger partial charge in [-0.2, -0.15) is 0 Å². The predicted octanol–water partition coefficient (Wildman–Crippen LogP) is 2.84. The third kappa shape index (κ3) is 2.58. The van der Waals surface area contributed by atoms with Gasteiger partial charge in [-0.15, -0.1) is 0 Å². The van der Waals surface area contributed by atoms with Gasteiger partial charge < -0.3 is 10.3 Å². The lowest BCUT2D eigenvalue weighted by Gasteiger charge is -2.15. The maximum absolute atomic E-state index is 13.7. The van der Waals surface area contributed by atoms with Crippen molar-refractivity contribution in [1.82, 2.24) is 4.57 Å². The van der Waals surface area contributed by atoms with Crippen molar-refractivity contribution in [2.75, 3.05) is 0 Å². The molecule has 0 saturated carbocycles. The Labute approximate surface area is 121 Å². The van der Waals surface area contributed by atoms with Crippen LogP contribution < -0.4 is 11.3 Å². The first-order chi connectivity index (χ1) is 10.2. The Bertz CT molecular complexity index is 841. The first-order valence-electron chi connectivity index (χ1n) is 6.75. The molecule has 0 aliphatic heterocycles. The summed E-state index contributed by atoms with van der Waals surface area (Å²) >= 11 is 0. The number of benzene rings is 2. The summed E-state index contributed by atoms with van der Waals surface area (Å²) in [5.41, 5.74) is 6.34. The minimum atomic E-state index is -0.565. The molecule has 0 radical (unpaired) electrons. The van der Waals surface area contributed by atoms with E-state index in [1.807, 2.05) is 24.3 Å². The largest absolute Gasteiger partial charge is 0.322 e. The Kier molecular flexibility index (Phi) is 3.54. The molecule has 1 heterocycles. The van der Waals surface area contributed by atoms with E-state index >= 15 is 0 Å². The molecule has 0 bridgehead atoms. The average molecular weight is 282 g/mol. The summed E-state index contributed by atoms with van der Waals surface area (Å²) in [6.07, 6.45) is 1.70. The molecule has 3 aromatic rings. The number of hydrogen-bond acceptors (Lipinski definition) is 2. The molecular weight excluding hydrogens is 267 g/mol. The molecule has 0 amide bonds. The molecule has 0 spiro atoms. The molecule has 2 aromatic carbocycles. The first kappa shape index (κ1) is 13.5. The van der Waals surface area contributed by atoms with Gasteiger partial charge in [-0.05, 0) is 23.6 Å². The standard InChI is InChI=1S/C17H15FN2O/c18-15-8-4-3-7-14(15)16(19)11-20-10-9-12-5-1-2-6-13(12)17(20)21/h1-10,16H,11,19H2. The van der Waals surface area contributed by atoms with Gasteiger partial charge in [0.1, 0.15) is 5.82 Å². The van der Waals surface area contributed by atoms with E-state index in [2.05, 4.69) is 0 Å². The number of fused-ring (bicyclic) bond motifs is 1. The number of rotatable bonds is 3. The monoisotopic (exact) mass is 282 g/mol. The molecule has 0 saturated heterocycles. The number of halogens is 1. The maximum atomic E-state index is 13.7. The lowest BCUT2D eigenvalue weighted by atomic mass is 10.1. The van der Waals surface area contributed by atoms with Crippen molar-refractivity contribution in [2.45, 2.75) is 12.6 Å². The maximum Gasteiger partial charge on any atom is 0.258 e. The van der Waals surface area contributed by atoms with Crippen molar-refractivity contribution < 1.29 is 4.39 Å². The van der Waals surface area contributed by atoms with Crippen LogP contribution in [-0.4, -0.2) is 4.57 Å².